The molecule has 0 aromatic heterocycles. The molecule has 0 spiro atoms. The quantitative estimate of drug-likeness (QED) is 0.461. The molecule has 0 unspecified atom stereocenters. The second-order valence-corrected chi connectivity index (χ2v) is 8.44. The van der Waals surface area contributed by atoms with E-state index < -0.39 is 10.0 Å². The lowest BCUT2D eigenvalue weighted by atomic mass is 10.3. The van der Waals surface area contributed by atoms with Gasteiger partial charge in [-0.15, -0.1) is 0 Å². The van der Waals surface area contributed by atoms with Gasteiger partial charge in [0.2, 0.25) is 0 Å². The Kier molecular flexibility index (Phi) is 4.98. The lowest BCUT2D eigenvalue weighted by molar-refractivity contribution is 0.601. The number of benzene rings is 2. The van der Waals surface area contributed by atoms with Crippen LogP contribution in [0.25, 0.3) is 0 Å². The first kappa shape index (κ1) is 16.1. The summed E-state index contributed by atoms with van der Waals surface area (Å²) in [5.74, 6) is 0. The molecule has 0 amide bonds. The molecule has 3 N–H and O–H groups in total. The highest BCUT2D eigenvalue weighted by molar-refractivity contribution is 14.1. The maximum absolute atomic E-state index is 12.5. The molecule has 0 radical (unpaired) electrons. The van der Waals surface area contributed by atoms with E-state index in [1.54, 1.807) is 24.3 Å². The molecule has 2 aromatic carbocycles. The highest BCUT2D eigenvalue weighted by Gasteiger charge is 2.22. The van der Waals surface area contributed by atoms with E-state index >= 15 is 0 Å². The average Bonchev–Trinajstić information content (AvgIpc) is 2.30. The normalized spacial score (nSPS) is 11.3. The number of halogens is 3. The van der Waals surface area contributed by atoms with E-state index in [4.69, 9.17) is 5.73 Å². The molecular formula is C12H9Br2IN2O2S. The standard InChI is InChI=1S/C12H9Br2IN2O2S/c13-7-5-8(14)12(10(16)6-7)20(18,19)17-11-4-2-1-3-9(11)15/h1-6,17H,16H2. The van der Waals surface area contributed by atoms with Gasteiger partial charge in [-0.1, -0.05) is 28.1 Å². The zero-order valence-electron chi connectivity index (χ0n) is 9.90. The number of para-hydroxylation sites is 1. The van der Waals surface area contributed by atoms with Crippen molar-refractivity contribution in [3.05, 3.63) is 48.9 Å². The summed E-state index contributed by atoms with van der Waals surface area (Å²) < 4.78 is 29.4. The van der Waals surface area contributed by atoms with Crippen molar-refractivity contribution < 1.29 is 8.42 Å². The van der Waals surface area contributed by atoms with Crippen molar-refractivity contribution in [2.75, 3.05) is 10.5 Å². The lowest BCUT2D eigenvalue weighted by Crippen LogP contribution is -2.16. The Morgan fingerprint density at radius 1 is 1.15 bits per heavy atom. The Hall–Kier alpha value is -0.320. The lowest BCUT2D eigenvalue weighted by Gasteiger charge is -2.13. The van der Waals surface area contributed by atoms with Gasteiger partial charge in [0.05, 0.1) is 11.4 Å². The second kappa shape index (κ2) is 6.20. The molecule has 0 aliphatic rings. The van der Waals surface area contributed by atoms with Crippen LogP contribution in [-0.2, 0) is 10.0 Å². The Bertz CT molecular complexity index is 743. The van der Waals surface area contributed by atoms with Crippen molar-refractivity contribution in [1.82, 2.24) is 0 Å². The molecule has 20 heavy (non-hydrogen) atoms. The maximum Gasteiger partial charge on any atom is 0.265 e. The van der Waals surface area contributed by atoms with Crippen LogP contribution in [0.2, 0.25) is 0 Å². The topological polar surface area (TPSA) is 72.2 Å². The van der Waals surface area contributed by atoms with E-state index in [-0.39, 0.29) is 10.6 Å². The van der Waals surface area contributed by atoms with Gasteiger partial charge in [-0.2, -0.15) is 0 Å². The highest BCUT2D eigenvalue weighted by atomic mass is 127. The van der Waals surface area contributed by atoms with Crippen LogP contribution in [0, 0.1) is 3.57 Å². The van der Waals surface area contributed by atoms with Gasteiger partial charge in [0.1, 0.15) is 4.90 Å². The van der Waals surface area contributed by atoms with Gasteiger partial charge in [-0.25, -0.2) is 8.42 Å². The second-order valence-electron chi connectivity index (χ2n) is 3.89. The van der Waals surface area contributed by atoms with E-state index in [2.05, 4.69) is 59.2 Å². The van der Waals surface area contributed by atoms with E-state index in [9.17, 15) is 8.42 Å². The van der Waals surface area contributed by atoms with E-state index in [1.807, 2.05) is 12.1 Å². The number of hydrogen-bond acceptors (Lipinski definition) is 3. The van der Waals surface area contributed by atoms with Gasteiger partial charge in [0, 0.05) is 12.5 Å². The minimum atomic E-state index is -3.76. The van der Waals surface area contributed by atoms with E-state index in [0.717, 1.165) is 3.57 Å². The van der Waals surface area contributed by atoms with Gasteiger partial charge in [-0.05, 0) is 62.8 Å². The number of nitrogens with one attached hydrogen (secondary N) is 1. The smallest absolute Gasteiger partial charge is 0.265 e. The summed E-state index contributed by atoms with van der Waals surface area (Å²) >= 11 is 8.57. The number of anilines is 2. The summed E-state index contributed by atoms with van der Waals surface area (Å²) in [7, 11) is -3.76. The van der Waals surface area contributed by atoms with Gasteiger partial charge >= 0.3 is 0 Å². The van der Waals surface area contributed by atoms with Crippen LogP contribution in [0.4, 0.5) is 11.4 Å². The molecule has 0 aliphatic carbocycles. The van der Waals surface area contributed by atoms with Crippen LogP contribution in [0.1, 0.15) is 0 Å². The van der Waals surface area contributed by atoms with Crippen LogP contribution in [0.15, 0.2) is 50.2 Å². The molecule has 0 atom stereocenters. The van der Waals surface area contributed by atoms with Crippen molar-refractivity contribution in [1.29, 1.82) is 0 Å². The summed E-state index contributed by atoms with van der Waals surface area (Å²) in [6.07, 6.45) is 0. The molecule has 2 rings (SSSR count). The third-order valence-corrected chi connectivity index (χ3v) is 6.19. The fourth-order valence-electron chi connectivity index (χ4n) is 1.60. The van der Waals surface area contributed by atoms with Crippen molar-refractivity contribution in [3.63, 3.8) is 0 Å². The molecule has 0 heterocycles. The molecule has 0 fully saturated rings. The summed E-state index contributed by atoms with van der Waals surface area (Å²) in [6.45, 7) is 0. The molecule has 106 valence electrons. The predicted octanol–water partition coefficient (Wildman–Crippen LogP) is 4.20. The molecule has 2 aromatic rings. The van der Waals surface area contributed by atoms with Gasteiger partial charge in [-0.3, -0.25) is 4.72 Å². The first-order valence-corrected chi connectivity index (χ1v) is 9.48. The Morgan fingerprint density at radius 2 is 1.80 bits per heavy atom. The van der Waals surface area contributed by atoms with Gasteiger partial charge in [0.25, 0.3) is 10.0 Å². The molecule has 4 nitrogen and oxygen atoms in total. The van der Waals surface area contributed by atoms with Crippen molar-refractivity contribution in [3.8, 4) is 0 Å². The first-order valence-electron chi connectivity index (χ1n) is 5.33. The fraction of sp³-hybridized carbons (Fsp3) is 0. The third kappa shape index (κ3) is 3.46. The Labute approximate surface area is 147 Å². The van der Waals surface area contributed by atoms with E-state index in [1.165, 1.54) is 0 Å². The molecule has 0 bridgehead atoms. The number of hydrogen-bond donors (Lipinski definition) is 2. The zero-order chi connectivity index (χ0) is 14.9. The van der Waals surface area contributed by atoms with Gasteiger partial charge in [0.15, 0.2) is 0 Å². The van der Waals surface area contributed by atoms with Crippen LogP contribution in [0.5, 0.6) is 0 Å². The summed E-state index contributed by atoms with van der Waals surface area (Å²) in [4.78, 5) is 0.0281. The van der Waals surface area contributed by atoms with Crippen LogP contribution < -0.4 is 10.5 Å². The molecule has 0 aliphatic heterocycles. The maximum atomic E-state index is 12.5. The van der Waals surface area contributed by atoms with Crippen LogP contribution in [-0.4, -0.2) is 8.42 Å². The van der Waals surface area contributed by atoms with Crippen molar-refractivity contribution in [2.45, 2.75) is 4.90 Å². The predicted molar refractivity (Wildman–Crippen MR) is 96.2 cm³/mol. The fourth-order valence-corrected chi connectivity index (χ4v) is 5.46. The molecule has 0 saturated heterocycles. The van der Waals surface area contributed by atoms with Gasteiger partial charge < -0.3 is 5.73 Å². The minimum Gasteiger partial charge on any atom is -0.398 e. The number of nitrogen functional groups attached to an aromatic ring is 1. The summed E-state index contributed by atoms with van der Waals surface area (Å²) in [6, 6.07) is 10.3. The first-order chi connectivity index (χ1) is 9.31. The number of rotatable bonds is 3. The summed E-state index contributed by atoms with van der Waals surface area (Å²) in [5, 5.41) is 0. The zero-order valence-corrected chi connectivity index (χ0v) is 16.0. The van der Waals surface area contributed by atoms with Crippen molar-refractivity contribution in [2.24, 2.45) is 0 Å². The Balaban J connectivity index is 2.50. The Morgan fingerprint density at radius 3 is 2.40 bits per heavy atom. The molecule has 8 heteroatoms. The van der Waals surface area contributed by atoms with E-state index in [0.29, 0.717) is 14.6 Å². The number of sulfonamides is 1. The average molecular weight is 532 g/mol. The van der Waals surface area contributed by atoms with Crippen molar-refractivity contribution >= 4 is 75.8 Å². The highest BCUT2D eigenvalue weighted by Crippen LogP contribution is 2.33. The summed E-state index contributed by atoms with van der Waals surface area (Å²) in [5.41, 5.74) is 6.51. The van der Waals surface area contributed by atoms with Crippen LogP contribution in [0.3, 0.4) is 0 Å². The number of nitrogens with two attached hydrogens (primary N) is 1. The SMILES string of the molecule is Nc1cc(Br)cc(Br)c1S(=O)(=O)Nc1ccccc1I. The largest absolute Gasteiger partial charge is 0.398 e. The van der Waals surface area contributed by atoms with Crippen LogP contribution >= 0.6 is 54.5 Å². The molecular weight excluding hydrogens is 523 g/mol. The monoisotopic (exact) mass is 530 g/mol. The minimum absolute atomic E-state index is 0.0281. The third-order valence-electron chi connectivity index (χ3n) is 2.42. The molecule has 0 saturated carbocycles.